The fourth-order valence-electron chi connectivity index (χ4n) is 0.995. The van der Waals surface area contributed by atoms with Crippen molar-refractivity contribution >= 4 is 23.8 Å². The quantitative estimate of drug-likeness (QED) is 0.153. The topological polar surface area (TPSA) is 91.1 Å². The molecule has 104 valence electrons. The zero-order chi connectivity index (χ0) is 14.2. The van der Waals surface area contributed by atoms with Crippen molar-refractivity contribution in [1.29, 1.82) is 0 Å². The van der Waals surface area contributed by atoms with Crippen molar-refractivity contribution in [2.24, 2.45) is 9.57 Å². The van der Waals surface area contributed by atoms with E-state index in [0.717, 1.165) is 0 Å². The third-order valence-corrected chi connectivity index (χ3v) is 2.47. The number of aliphatic imine (C=N–C) groups is 1. The molecule has 0 radical (unpaired) electrons. The Balaban J connectivity index is 4.29. The van der Waals surface area contributed by atoms with Gasteiger partial charge >= 0.3 is 5.97 Å². The van der Waals surface area contributed by atoms with Crippen molar-refractivity contribution in [3.8, 4) is 0 Å². The molecule has 18 heavy (non-hydrogen) atoms. The number of carbonyl (C=O) groups is 1. The second-order valence-corrected chi connectivity index (χ2v) is 5.46. The SMILES string of the molecule is CC([O-])=N[C@@H](CSN=O)C(=O)OCC[N+](C)(C)C. The highest BCUT2D eigenvalue weighted by molar-refractivity contribution is 7.97. The number of rotatable bonds is 8. The van der Waals surface area contributed by atoms with Gasteiger partial charge in [0.15, 0.2) is 6.04 Å². The Hall–Kier alpha value is -1.15. The molecule has 8 heteroatoms. The van der Waals surface area contributed by atoms with E-state index in [-0.39, 0.29) is 12.4 Å². The predicted molar refractivity (Wildman–Crippen MR) is 69.0 cm³/mol. The molecule has 0 aliphatic rings. The summed E-state index contributed by atoms with van der Waals surface area (Å²) in [5.74, 6) is -1.06. The monoisotopic (exact) mass is 277 g/mol. The summed E-state index contributed by atoms with van der Waals surface area (Å²) in [6.45, 7) is 2.13. The van der Waals surface area contributed by atoms with Crippen LogP contribution in [0.2, 0.25) is 0 Å². The minimum absolute atomic E-state index is 0.0201. The summed E-state index contributed by atoms with van der Waals surface area (Å²) < 4.78 is 8.25. The average Bonchev–Trinajstić information content (AvgIpc) is 2.21. The fraction of sp³-hybridized carbons (Fsp3) is 0.800. The Morgan fingerprint density at radius 1 is 1.44 bits per heavy atom. The van der Waals surface area contributed by atoms with Crippen molar-refractivity contribution in [2.45, 2.75) is 13.0 Å². The number of nitroso groups, excluding NO2 is 1. The molecule has 0 N–H and O–H groups in total. The lowest BCUT2D eigenvalue weighted by Crippen LogP contribution is -2.39. The van der Waals surface area contributed by atoms with Gasteiger partial charge in [-0.3, -0.25) is 4.99 Å². The molecule has 0 spiro atoms. The van der Waals surface area contributed by atoms with E-state index in [4.69, 9.17) is 4.74 Å². The van der Waals surface area contributed by atoms with Gasteiger partial charge < -0.3 is 14.3 Å². The molecule has 7 nitrogen and oxygen atoms in total. The second kappa shape index (κ2) is 8.04. The van der Waals surface area contributed by atoms with Crippen molar-refractivity contribution in [2.75, 3.05) is 40.0 Å². The van der Waals surface area contributed by atoms with E-state index >= 15 is 0 Å². The second-order valence-electron chi connectivity index (χ2n) is 4.72. The Bertz CT molecular complexity index is 311. The van der Waals surface area contributed by atoms with E-state index in [1.165, 1.54) is 6.92 Å². The van der Waals surface area contributed by atoms with Crippen LogP contribution in [0.5, 0.6) is 0 Å². The van der Waals surface area contributed by atoms with Crippen LogP contribution in [0.1, 0.15) is 6.92 Å². The lowest BCUT2D eigenvalue weighted by molar-refractivity contribution is -0.870. The summed E-state index contributed by atoms with van der Waals surface area (Å²) in [4.78, 5) is 25.2. The minimum Gasteiger partial charge on any atom is -0.862 e. The van der Waals surface area contributed by atoms with Crippen LogP contribution < -0.4 is 5.11 Å². The number of nitrogens with zero attached hydrogens (tertiary/aromatic N) is 3. The van der Waals surface area contributed by atoms with E-state index in [0.29, 0.717) is 23.0 Å². The lowest BCUT2D eigenvalue weighted by atomic mass is 10.3. The van der Waals surface area contributed by atoms with Crippen LogP contribution in [-0.4, -0.2) is 62.4 Å². The molecule has 0 saturated carbocycles. The maximum Gasteiger partial charge on any atom is 0.331 e. The van der Waals surface area contributed by atoms with Crippen molar-refractivity contribution < 1.29 is 19.1 Å². The lowest BCUT2D eigenvalue weighted by Gasteiger charge is -2.23. The minimum atomic E-state index is -0.960. The van der Waals surface area contributed by atoms with Gasteiger partial charge in [0.25, 0.3) is 0 Å². The molecule has 0 aliphatic heterocycles. The molecule has 0 bridgehead atoms. The van der Waals surface area contributed by atoms with Gasteiger partial charge in [0.2, 0.25) is 0 Å². The first-order valence-electron chi connectivity index (χ1n) is 5.39. The van der Waals surface area contributed by atoms with Gasteiger partial charge in [-0.1, -0.05) is 0 Å². The number of ether oxygens (including phenoxy) is 1. The molecule has 0 unspecified atom stereocenters. The van der Waals surface area contributed by atoms with E-state index < -0.39 is 17.9 Å². The fourth-order valence-corrected chi connectivity index (χ4v) is 1.41. The van der Waals surface area contributed by atoms with Gasteiger partial charge in [0, 0.05) is 16.5 Å². The molecule has 0 aromatic carbocycles. The predicted octanol–water partition coefficient (Wildman–Crippen LogP) is -0.202. The summed E-state index contributed by atoms with van der Waals surface area (Å²) in [5.41, 5.74) is 0. The molecule has 0 heterocycles. The highest BCUT2D eigenvalue weighted by Crippen LogP contribution is 2.08. The molecule has 0 fully saturated rings. The number of carbonyl (C=O) groups excluding carboxylic acids is 1. The van der Waals surface area contributed by atoms with Gasteiger partial charge in [0.1, 0.15) is 13.2 Å². The summed E-state index contributed by atoms with van der Waals surface area (Å²) >= 11 is 0.644. The van der Waals surface area contributed by atoms with E-state index in [9.17, 15) is 14.8 Å². The number of likely N-dealkylation sites (N-methyl/N-ethyl adjacent to an activating group) is 1. The van der Waals surface area contributed by atoms with Crippen LogP contribution in [0.15, 0.2) is 9.57 Å². The maximum absolute atomic E-state index is 11.6. The normalized spacial score (nSPS) is 14.1. The largest absolute Gasteiger partial charge is 0.862 e. The van der Waals surface area contributed by atoms with Crippen LogP contribution >= 0.6 is 11.9 Å². The van der Waals surface area contributed by atoms with Crippen molar-refractivity contribution in [1.82, 2.24) is 0 Å². The highest BCUT2D eigenvalue weighted by atomic mass is 32.2. The first-order chi connectivity index (χ1) is 8.26. The Labute approximate surface area is 111 Å². The van der Waals surface area contributed by atoms with Crippen LogP contribution in [0.3, 0.4) is 0 Å². The molecule has 0 saturated heterocycles. The van der Waals surface area contributed by atoms with Gasteiger partial charge in [-0.05, 0) is 12.8 Å². The molecule has 0 rings (SSSR count). The first-order valence-corrected chi connectivity index (χ1v) is 6.33. The number of hydrogen-bond donors (Lipinski definition) is 0. The summed E-state index contributed by atoms with van der Waals surface area (Å²) in [7, 11) is 5.91. The highest BCUT2D eigenvalue weighted by Gasteiger charge is 2.20. The van der Waals surface area contributed by atoms with Crippen LogP contribution in [0.4, 0.5) is 0 Å². The first kappa shape index (κ1) is 16.9. The van der Waals surface area contributed by atoms with Gasteiger partial charge in [-0.15, -0.1) is 4.91 Å². The third-order valence-electron chi connectivity index (χ3n) is 1.90. The van der Waals surface area contributed by atoms with E-state index in [2.05, 4.69) is 9.57 Å². The number of hydrogen-bond acceptors (Lipinski definition) is 7. The Morgan fingerprint density at radius 3 is 2.50 bits per heavy atom. The van der Waals surface area contributed by atoms with Crippen molar-refractivity contribution in [3.05, 3.63) is 4.91 Å². The molecule has 0 amide bonds. The Morgan fingerprint density at radius 2 is 2.06 bits per heavy atom. The zero-order valence-corrected chi connectivity index (χ0v) is 11.9. The van der Waals surface area contributed by atoms with Crippen molar-refractivity contribution in [3.63, 3.8) is 0 Å². The molecule has 1 atom stereocenters. The Kier molecular flexibility index (Phi) is 7.53. The third kappa shape index (κ3) is 8.94. The maximum atomic E-state index is 11.6. The molecular weight excluding hydrogens is 258 g/mol. The van der Waals surface area contributed by atoms with E-state index in [1.807, 2.05) is 21.1 Å². The summed E-state index contributed by atoms with van der Waals surface area (Å²) in [5, 5.41) is 10.9. The van der Waals surface area contributed by atoms with Gasteiger partial charge in [-0.2, -0.15) is 0 Å². The molecule has 0 aromatic rings. The number of esters is 1. The number of quaternary nitrogens is 1. The van der Waals surface area contributed by atoms with Gasteiger partial charge in [-0.25, -0.2) is 4.79 Å². The molecular formula is C10H19N3O4S. The standard InChI is InChI=1S/C10H19N3O4S/c1-8(14)11-9(7-18-12-16)10(15)17-6-5-13(2,3)4/h9H,5-7H2,1-4H3/t9-/m0/s1. The van der Waals surface area contributed by atoms with E-state index in [1.54, 1.807) is 0 Å². The van der Waals surface area contributed by atoms with Gasteiger partial charge in [0.05, 0.1) is 26.9 Å². The van der Waals surface area contributed by atoms with Crippen LogP contribution in [0, 0.1) is 4.91 Å². The molecule has 0 aromatic heterocycles. The summed E-state index contributed by atoms with van der Waals surface area (Å²) in [6.07, 6.45) is 0. The molecule has 0 aliphatic carbocycles. The van der Waals surface area contributed by atoms with Crippen LogP contribution in [0.25, 0.3) is 0 Å². The smallest absolute Gasteiger partial charge is 0.331 e. The average molecular weight is 277 g/mol. The summed E-state index contributed by atoms with van der Waals surface area (Å²) in [6, 6.07) is -0.960. The van der Waals surface area contributed by atoms with Crippen LogP contribution in [-0.2, 0) is 9.53 Å². The zero-order valence-electron chi connectivity index (χ0n) is 11.1.